The first-order chi connectivity index (χ1) is 9.63. The molecule has 3 aromatic rings. The first-order valence-electron chi connectivity index (χ1n) is 6.20. The van der Waals surface area contributed by atoms with Crippen molar-refractivity contribution in [2.45, 2.75) is 13.0 Å². The summed E-state index contributed by atoms with van der Waals surface area (Å²) in [7, 11) is 0. The topological polar surface area (TPSA) is 37.9 Å². The highest BCUT2D eigenvalue weighted by Crippen LogP contribution is 2.31. The summed E-state index contributed by atoms with van der Waals surface area (Å²) in [5.74, 6) is 1.35. The molecule has 0 spiro atoms. The zero-order valence-electron chi connectivity index (χ0n) is 10.7. The summed E-state index contributed by atoms with van der Waals surface area (Å²) in [6.07, 6.45) is -0.235. The summed E-state index contributed by atoms with van der Waals surface area (Å²) < 4.78 is 5.83. The van der Waals surface area contributed by atoms with E-state index in [1.807, 2.05) is 31.2 Å². The SMILES string of the molecule is C[C@@H](Oc1ccc(Cl)cc1Cl)c1nc2ccccc2[nH]1. The van der Waals surface area contributed by atoms with Crippen LogP contribution in [0.3, 0.4) is 0 Å². The molecule has 0 radical (unpaired) electrons. The predicted molar refractivity (Wildman–Crippen MR) is 81.6 cm³/mol. The van der Waals surface area contributed by atoms with Crippen LogP contribution in [0.25, 0.3) is 11.0 Å². The number of benzene rings is 2. The van der Waals surface area contributed by atoms with Crippen LogP contribution in [0.2, 0.25) is 10.0 Å². The lowest BCUT2D eigenvalue weighted by Gasteiger charge is -2.13. The minimum Gasteiger partial charge on any atom is -0.481 e. The first kappa shape index (κ1) is 13.3. The fourth-order valence-electron chi connectivity index (χ4n) is 1.98. The molecule has 1 heterocycles. The van der Waals surface area contributed by atoms with Crippen molar-refractivity contribution in [2.75, 3.05) is 0 Å². The van der Waals surface area contributed by atoms with Gasteiger partial charge in [-0.25, -0.2) is 4.98 Å². The molecule has 0 fully saturated rings. The van der Waals surface area contributed by atoms with Crippen LogP contribution in [0.15, 0.2) is 42.5 Å². The van der Waals surface area contributed by atoms with Crippen LogP contribution in [0, 0.1) is 0 Å². The highest BCUT2D eigenvalue weighted by molar-refractivity contribution is 6.35. The van der Waals surface area contributed by atoms with E-state index in [-0.39, 0.29) is 6.10 Å². The molecular weight excluding hydrogens is 295 g/mol. The van der Waals surface area contributed by atoms with Gasteiger partial charge in [0.15, 0.2) is 6.10 Å². The highest BCUT2D eigenvalue weighted by Gasteiger charge is 2.14. The largest absolute Gasteiger partial charge is 0.481 e. The molecule has 0 saturated heterocycles. The van der Waals surface area contributed by atoms with Crippen LogP contribution in [-0.2, 0) is 0 Å². The molecule has 0 aliphatic heterocycles. The number of nitrogens with zero attached hydrogens (tertiary/aromatic N) is 1. The Hall–Kier alpha value is -1.71. The number of H-pyrrole nitrogens is 1. The monoisotopic (exact) mass is 306 g/mol. The van der Waals surface area contributed by atoms with E-state index in [4.69, 9.17) is 27.9 Å². The number of hydrogen-bond acceptors (Lipinski definition) is 2. The molecule has 20 heavy (non-hydrogen) atoms. The van der Waals surface area contributed by atoms with Crippen LogP contribution < -0.4 is 4.74 Å². The van der Waals surface area contributed by atoms with Crippen molar-refractivity contribution in [3.8, 4) is 5.75 Å². The van der Waals surface area contributed by atoms with Gasteiger partial charge in [-0.3, -0.25) is 0 Å². The normalized spacial score (nSPS) is 12.6. The van der Waals surface area contributed by atoms with Gasteiger partial charge >= 0.3 is 0 Å². The van der Waals surface area contributed by atoms with Crippen molar-refractivity contribution in [1.29, 1.82) is 0 Å². The number of para-hydroxylation sites is 2. The van der Waals surface area contributed by atoms with Gasteiger partial charge in [0.2, 0.25) is 0 Å². The van der Waals surface area contributed by atoms with Gasteiger partial charge in [-0.05, 0) is 37.3 Å². The van der Waals surface area contributed by atoms with Crippen LogP contribution in [0.1, 0.15) is 18.9 Å². The number of imidazole rings is 1. The molecular formula is C15H12Cl2N2O. The number of nitrogens with one attached hydrogen (secondary N) is 1. The van der Waals surface area contributed by atoms with Crippen molar-refractivity contribution in [2.24, 2.45) is 0 Å². The molecule has 0 aliphatic rings. The zero-order valence-corrected chi connectivity index (χ0v) is 12.2. The minimum absolute atomic E-state index is 0.235. The van der Waals surface area contributed by atoms with Gasteiger partial charge in [0, 0.05) is 5.02 Å². The van der Waals surface area contributed by atoms with Crippen molar-refractivity contribution in [1.82, 2.24) is 9.97 Å². The maximum atomic E-state index is 6.10. The summed E-state index contributed by atoms with van der Waals surface area (Å²) in [6.45, 7) is 1.92. The predicted octanol–water partition coefficient (Wildman–Crippen LogP) is 5.01. The Kier molecular flexibility index (Phi) is 3.55. The standard InChI is InChI=1S/C15H12Cl2N2O/c1-9(20-14-7-6-10(16)8-11(14)17)15-18-12-4-2-3-5-13(12)19-15/h2-9H,1H3,(H,18,19)/t9-/m1/s1. The molecule has 0 aliphatic carbocycles. The second-order valence-corrected chi connectivity index (χ2v) is 5.32. The molecule has 3 rings (SSSR count). The molecule has 1 atom stereocenters. The fourth-order valence-corrected chi connectivity index (χ4v) is 2.44. The van der Waals surface area contributed by atoms with Crippen molar-refractivity contribution in [3.63, 3.8) is 0 Å². The smallest absolute Gasteiger partial charge is 0.153 e. The van der Waals surface area contributed by atoms with Crippen LogP contribution >= 0.6 is 23.2 Å². The lowest BCUT2D eigenvalue weighted by molar-refractivity contribution is 0.218. The highest BCUT2D eigenvalue weighted by atomic mass is 35.5. The Morgan fingerprint density at radius 2 is 1.95 bits per heavy atom. The van der Waals surface area contributed by atoms with Gasteiger partial charge < -0.3 is 9.72 Å². The Morgan fingerprint density at radius 1 is 1.15 bits per heavy atom. The first-order valence-corrected chi connectivity index (χ1v) is 6.95. The molecule has 0 bridgehead atoms. The average Bonchev–Trinajstić information content (AvgIpc) is 2.86. The van der Waals surface area contributed by atoms with Gasteiger partial charge in [0.25, 0.3) is 0 Å². The third-order valence-electron chi connectivity index (χ3n) is 2.99. The number of aromatic amines is 1. The summed E-state index contributed by atoms with van der Waals surface area (Å²) in [5.41, 5.74) is 1.90. The third kappa shape index (κ3) is 2.60. The van der Waals surface area contributed by atoms with Crippen molar-refractivity contribution >= 4 is 34.2 Å². The maximum Gasteiger partial charge on any atom is 0.153 e. The second-order valence-electron chi connectivity index (χ2n) is 4.47. The molecule has 1 N–H and O–H groups in total. The van der Waals surface area contributed by atoms with Crippen LogP contribution in [-0.4, -0.2) is 9.97 Å². The van der Waals surface area contributed by atoms with E-state index in [9.17, 15) is 0 Å². The van der Waals surface area contributed by atoms with Gasteiger partial charge in [-0.1, -0.05) is 35.3 Å². The second kappa shape index (κ2) is 5.35. The van der Waals surface area contributed by atoms with E-state index < -0.39 is 0 Å². The quantitative estimate of drug-likeness (QED) is 0.738. The summed E-state index contributed by atoms with van der Waals surface area (Å²) >= 11 is 12.0. The van der Waals surface area contributed by atoms with E-state index in [1.165, 1.54) is 0 Å². The minimum atomic E-state index is -0.235. The molecule has 102 valence electrons. The van der Waals surface area contributed by atoms with Gasteiger partial charge in [0.1, 0.15) is 11.6 Å². The van der Waals surface area contributed by atoms with Crippen molar-refractivity contribution < 1.29 is 4.74 Å². The summed E-state index contributed by atoms with van der Waals surface area (Å²) in [5, 5.41) is 1.07. The van der Waals surface area contributed by atoms with Gasteiger partial charge in [0.05, 0.1) is 16.1 Å². The van der Waals surface area contributed by atoms with E-state index in [0.29, 0.717) is 15.8 Å². The molecule has 3 nitrogen and oxygen atoms in total. The average molecular weight is 307 g/mol. The van der Waals surface area contributed by atoms with Gasteiger partial charge in [-0.2, -0.15) is 0 Å². The molecule has 0 unspecified atom stereocenters. The Morgan fingerprint density at radius 3 is 2.70 bits per heavy atom. The number of ether oxygens (including phenoxy) is 1. The molecule has 0 saturated carbocycles. The molecule has 2 aromatic carbocycles. The number of halogens is 2. The number of aromatic nitrogens is 2. The number of hydrogen-bond donors (Lipinski definition) is 1. The number of fused-ring (bicyclic) bond motifs is 1. The van der Waals surface area contributed by atoms with E-state index >= 15 is 0 Å². The van der Waals surface area contributed by atoms with Crippen LogP contribution in [0.5, 0.6) is 5.75 Å². The van der Waals surface area contributed by atoms with Crippen LogP contribution in [0.4, 0.5) is 0 Å². The molecule has 1 aromatic heterocycles. The Labute approximate surface area is 126 Å². The summed E-state index contributed by atoms with van der Waals surface area (Å²) in [4.78, 5) is 7.75. The third-order valence-corrected chi connectivity index (χ3v) is 3.52. The fraction of sp³-hybridized carbons (Fsp3) is 0.133. The van der Waals surface area contributed by atoms with Crippen molar-refractivity contribution in [3.05, 3.63) is 58.3 Å². The molecule has 5 heteroatoms. The van der Waals surface area contributed by atoms with E-state index in [0.717, 1.165) is 16.9 Å². The zero-order chi connectivity index (χ0) is 14.1. The lowest BCUT2D eigenvalue weighted by Crippen LogP contribution is -2.05. The summed E-state index contributed by atoms with van der Waals surface area (Å²) in [6, 6.07) is 13.0. The maximum absolute atomic E-state index is 6.10. The number of rotatable bonds is 3. The molecule has 0 amide bonds. The van der Waals surface area contributed by atoms with E-state index in [1.54, 1.807) is 18.2 Å². The Bertz CT molecular complexity index is 721. The lowest BCUT2D eigenvalue weighted by atomic mass is 10.3. The van der Waals surface area contributed by atoms with E-state index in [2.05, 4.69) is 9.97 Å². The van der Waals surface area contributed by atoms with Gasteiger partial charge in [-0.15, -0.1) is 0 Å². The Balaban J connectivity index is 1.86.